The number of ether oxygens (including phenoxy) is 1. The molecular formula is C12H25NO3S. The van der Waals surface area contributed by atoms with Crippen LogP contribution < -0.4 is 5.32 Å². The number of esters is 1. The third-order valence-electron chi connectivity index (χ3n) is 2.74. The highest BCUT2D eigenvalue weighted by atomic mass is 32.2. The van der Waals surface area contributed by atoms with E-state index in [4.69, 9.17) is 9.84 Å². The van der Waals surface area contributed by atoms with Gasteiger partial charge in [0.05, 0.1) is 7.11 Å². The molecule has 2 unspecified atom stereocenters. The number of likely N-dealkylation sites (N-methyl/N-ethyl adjacent to an activating group) is 1. The first kappa shape index (κ1) is 16.7. The van der Waals surface area contributed by atoms with Gasteiger partial charge in [-0.05, 0) is 32.1 Å². The Bertz CT molecular complexity index is 226. The normalized spacial score (nSPS) is 16.3. The first-order valence-electron chi connectivity index (χ1n) is 6.06. The second-order valence-electron chi connectivity index (χ2n) is 4.30. The fourth-order valence-electron chi connectivity index (χ4n) is 1.61. The van der Waals surface area contributed by atoms with Gasteiger partial charge in [0.1, 0.15) is 5.54 Å². The Hall–Kier alpha value is -0.260. The van der Waals surface area contributed by atoms with Crippen molar-refractivity contribution < 1.29 is 14.6 Å². The maximum Gasteiger partial charge on any atom is 0.325 e. The lowest BCUT2D eigenvalue weighted by atomic mass is 9.99. The maximum atomic E-state index is 11.7. The first-order valence-corrected chi connectivity index (χ1v) is 7.11. The number of methoxy groups -OCH3 is 1. The summed E-state index contributed by atoms with van der Waals surface area (Å²) in [5, 5.41) is 12.4. The van der Waals surface area contributed by atoms with Crippen molar-refractivity contribution in [1.29, 1.82) is 0 Å². The Balaban J connectivity index is 4.13. The van der Waals surface area contributed by atoms with Crippen molar-refractivity contribution in [3.63, 3.8) is 0 Å². The van der Waals surface area contributed by atoms with Gasteiger partial charge in [-0.25, -0.2) is 0 Å². The fraction of sp³-hybridized carbons (Fsp3) is 0.917. The van der Waals surface area contributed by atoms with Gasteiger partial charge in [-0.1, -0.05) is 13.8 Å². The predicted octanol–water partition coefficient (Wildman–Crippen LogP) is 1.42. The lowest BCUT2D eigenvalue weighted by molar-refractivity contribution is -0.147. The molecule has 102 valence electrons. The molecule has 0 saturated carbocycles. The Morgan fingerprint density at radius 2 is 2.24 bits per heavy atom. The largest absolute Gasteiger partial charge is 0.468 e. The second-order valence-corrected chi connectivity index (χ2v) is 5.84. The van der Waals surface area contributed by atoms with E-state index in [0.29, 0.717) is 5.25 Å². The van der Waals surface area contributed by atoms with Gasteiger partial charge in [0.25, 0.3) is 0 Å². The van der Waals surface area contributed by atoms with Crippen LogP contribution >= 0.6 is 11.8 Å². The molecule has 17 heavy (non-hydrogen) atoms. The van der Waals surface area contributed by atoms with Gasteiger partial charge >= 0.3 is 5.97 Å². The summed E-state index contributed by atoms with van der Waals surface area (Å²) in [7, 11) is 1.42. The number of aliphatic hydroxyl groups excluding tert-OH is 1. The molecule has 0 aliphatic rings. The summed E-state index contributed by atoms with van der Waals surface area (Å²) in [6, 6.07) is 0. The summed E-state index contributed by atoms with van der Waals surface area (Å²) in [5.41, 5.74) is -0.602. The van der Waals surface area contributed by atoms with Gasteiger partial charge < -0.3 is 15.2 Å². The van der Waals surface area contributed by atoms with Crippen molar-refractivity contribution in [3.8, 4) is 0 Å². The van der Waals surface area contributed by atoms with Gasteiger partial charge in [-0.15, -0.1) is 0 Å². The van der Waals surface area contributed by atoms with E-state index in [-0.39, 0.29) is 12.6 Å². The van der Waals surface area contributed by atoms with E-state index in [1.807, 2.05) is 13.8 Å². The minimum atomic E-state index is -0.602. The molecule has 2 atom stereocenters. The molecule has 0 aromatic heterocycles. The third-order valence-corrected chi connectivity index (χ3v) is 3.99. The van der Waals surface area contributed by atoms with Crippen molar-refractivity contribution >= 4 is 17.7 Å². The molecule has 2 N–H and O–H groups in total. The number of hydrogen-bond acceptors (Lipinski definition) is 5. The van der Waals surface area contributed by atoms with Crippen molar-refractivity contribution in [2.45, 2.75) is 44.4 Å². The summed E-state index contributed by atoms with van der Waals surface area (Å²) < 4.78 is 4.82. The highest BCUT2D eigenvalue weighted by molar-refractivity contribution is 7.99. The van der Waals surface area contributed by atoms with E-state index in [0.717, 1.165) is 25.1 Å². The molecule has 0 aliphatic carbocycles. The average molecular weight is 263 g/mol. The van der Waals surface area contributed by atoms with Crippen LogP contribution in [-0.4, -0.2) is 47.9 Å². The topological polar surface area (TPSA) is 58.6 Å². The van der Waals surface area contributed by atoms with Gasteiger partial charge in [0.15, 0.2) is 0 Å². The van der Waals surface area contributed by atoms with Crippen LogP contribution in [0.1, 0.15) is 33.6 Å². The lowest BCUT2D eigenvalue weighted by Gasteiger charge is -2.27. The zero-order valence-electron chi connectivity index (χ0n) is 11.3. The summed E-state index contributed by atoms with van der Waals surface area (Å²) in [4.78, 5) is 11.7. The van der Waals surface area contributed by atoms with Gasteiger partial charge in [-0.2, -0.15) is 11.8 Å². The standard InChI is InChI=1S/C12H25NO3S/c1-5-13-12(3,11(15)16-4)7-9-17-10(2)6-8-14/h10,13-14H,5-9H2,1-4H3. The molecular weight excluding hydrogens is 238 g/mol. The van der Waals surface area contributed by atoms with Crippen LogP contribution in [0.2, 0.25) is 0 Å². The molecule has 0 amide bonds. The maximum absolute atomic E-state index is 11.7. The zero-order chi connectivity index (χ0) is 13.3. The van der Waals surface area contributed by atoms with Crippen LogP contribution in [-0.2, 0) is 9.53 Å². The van der Waals surface area contributed by atoms with Crippen LogP contribution in [0.25, 0.3) is 0 Å². The highest BCUT2D eigenvalue weighted by Crippen LogP contribution is 2.20. The minimum absolute atomic E-state index is 0.213. The number of aliphatic hydroxyl groups is 1. The molecule has 0 aromatic carbocycles. The quantitative estimate of drug-likeness (QED) is 0.616. The monoisotopic (exact) mass is 263 g/mol. The fourth-order valence-corrected chi connectivity index (χ4v) is 2.81. The third kappa shape index (κ3) is 6.29. The molecule has 0 heterocycles. The molecule has 0 fully saturated rings. The highest BCUT2D eigenvalue weighted by Gasteiger charge is 2.32. The van der Waals surface area contributed by atoms with Crippen LogP contribution in [0, 0.1) is 0 Å². The number of carbonyl (C=O) groups is 1. The summed E-state index contributed by atoms with van der Waals surface area (Å²) >= 11 is 1.77. The SMILES string of the molecule is CCNC(C)(CCSC(C)CCO)C(=O)OC. The number of hydrogen-bond donors (Lipinski definition) is 2. The van der Waals surface area contributed by atoms with Gasteiger partial charge in [0, 0.05) is 11.9 Å². The van der Waals surface area contributed by atoms with E-state index < -0.39 is 5.54 Å². The van der Waals surface area contributed by atoms with Crippen LogP contribution in [0.4, 0.5) is 0 Å². The van der Waals surface area contributed by atoms with Crippen molar-refractivity contribution in [3.05, 3.63) is 0 Å². The molecule has 5 heteroatoms. The number of nitrogens with one attached hydrogen (secondary N) is 1. The second kappa shape index (κ2) is 8.78. The van der Waals surface area contributed by atoms with Crippen LogP contribution in [0.15, 0.2) is 0 Å². The Labute approximate surface area is 108 Å². The number of thioether (sulfide) groups is 1. The molecule has 0 aliphatic heterocycles. The molecule has 0 radical (unpaired) electrons. The van der Waals surface area contributed by atoms with E-state index in [9.17, 15) is 4.79 Å². The molecule has 0 spiro atoms. The minimum Gasteiger partial charge on any atom is -0.468 e. The lowest BCUT2D eigenvalue weighted by Crippen LogP contribution is -2.50. The van der Waals surface area contributed by atoms with Gasteiger partial charge in [-0.3, -0.25) is 4.79 Å². The van der Waals surface area contributed by atoms with E-state index >= 15 is 0 Å². The predicted molar refractivity (Wildman–Crippen MR) is 72.3 cm³/mol. The summed E-state index contributed by atoms with van der Waals surface area (Å²) in [5.74, 6) is 0.662. The van der Waals surface area contributed by atoms with E-state index in [1.54, 1.807) is 11.8 Å². The average Bonchev–Trinajstić information content (AvgIpc) is 2.28. The summed E-state index contributed by atoms with van der Waals surface area (Å²) in [6.45, 7) is 6.89. The van der Waals surface area contributed by atoms with E-state index in [2.05, 4.69) is 12.2 Å². The first-order chi connectivity index (χ1) is 8.00. The molecule has 0 bridgehead atoms. The van der Waals surface area contributed by atoms with Crippen LogP contribution in [0.5, 0.6) is 0 Å². The smallest absolute Gasteiger partial charge is 0.325 e. The van der Waals surface area contributed by atoms with Crippen molar-refractivity contribution in [2.75, 3.05) is 26.0 Å². The molecule has 0 rings (SSSR count). The van der Waals surface area contributed by atoms with Crippen molar-refractivity contribution in [1.82, 2.24) is 5.32 Å². The van der Waals surface area contributed by atoms with Crippen LogP contribution in [0.3, 0.4) is 0 Å². The molecule has 0 aromatic rings. The number of carbonyl (C=O) groups excluding carboxylic acids is 1. The Morgan fingerprint density at radius 3 is 2.71 bits per heavy atom. The molecule has 0 saturated heterocycles. The van der Waals surface area contributed by atoms with E-state index in [1.165, 1.54) is 7.11 Å². The molecule has 4 nitrogen and oxygen atoms in total. The zero-order valence-corrected chi connectivity index (χ0v) is 12.1. The number of rotatable bonds is 9. The Kier molecular flexibility index (Phi) is 8.64. The van der Waals surface area contributed by atoms with Gasteiger partial charge in [0.2, 0.25) is 0 Å². The Morgan fingerprint density at radius 1 is 1.59 bits per heavy atom. The summed E-state index contributed by atoms with van der Waals surface area (Å²) in [6.07, 6.45) is 1.52. The van der Waals surface area contributed by atoms with Crippen molar-refractivity contribution in [2.24, 2.45) is 0 Å².